The second-order valence-corrected chi connectivity index (χ2v) is 5.75. The minimum Gasteiger partial charge on any atom is -0.379 e. The summed E-state index contributed by atoms with van der Waals surface area (Å²) in [4.78, 5) is 10.0. The molecule has 0 saturated carbocycles. The second-order valence-electron chi connectivity index (χ2n) is 4.19. The van der Waals surface area contributed by atoms with E-state index < -0.39 is 14.9 Å². The van der Waals surface area contributed by atoms with Crippen LogP contribution < -0.4 is 10.5 Å². The number of sulfonamides is 1. The topological polar surface area (TPSA) is 125 Å². The van der Waals surface area contributed by atoms with E-state index in [9.17, 15) is 18.5 Å². The first-order valence-corrected chi connectivity index (χ1v) is 7.08. The van der Waals surface area contributed by atoms with Gasteiger partial charge in [-0.1, -0.05) is 0 Å². The molecule has 1 saturated heterocycles. The molecule has 1 aliphatic rings. The van der Waals surface area contributed by atoms with Gasteiger partial charge in [-0.25, -0.2) is 13.6 Å². The highest BCUT2D eigenvalue weighted by Crippen LogP contribution is 2.28. The maximum atomic E-state index is 11.2. The summed E-state index contributed by atoms with van der Waals surface area (Å²) < 4.78 is 27.5. The van der Waals surface area contributed by atoms with Crippen LogP contribution in [0.4, 0.5) is 11.4 Å². The lowest BCUT2D eigenvalue weighted by atomic mass is 10.2. The van der Waals surface area contributed by atoms with Gasteiger partial charge < -0.3 is 10.1 Å². The van der Waals surface area contributed by atoms with Gasteiger partial charge in [-0.2, -0.15) is 0 Å². The van der Waals surface area contributed by atoms with Gasteiger partial charge in [0.2, 0.25) is 10.0 Å². The number of anilines is 1. The number of primary sulfonamides is 1. The zero-order chi connectivity index (χ0) is 14.0. The molecule has 0 amide bonds. The molecule has 0 radical (unpaired) electrons. The third kappa shape index (κ3) is 3.19. The third-order valence-corrected chi connectivity index (χ3v) is 3.69. The zero-order valence-corrected chi connectivity index (χ0v) is 10.7. The van der Waals surface area contributed by atoms with Gasteiger partial charge in [-0.05, 0) is 18.6 Å². The van der Waals surface area contributed by atoms with E-state index in [0.29, 0.717) is 13.2 Å². The quantitative estimate of drug-likeness (QED) is 0.611. The molecule has 9 heteroatoms. The van der Waals surface area contributed by atoms with E-state index in [1.807, 2.05) is 0 Å². The van der Waals surface area contributed by atoms with Gasteiger partial charge in [0.1, 0.15) is 5.69 Å². The van der Waals surface area contributed by atoms with E-state index in [1.165, 1.54) is 12.1 Å². The fraction of sp³-hybridized carbons (Fsp3) is 0.400. The fourth-order valence-electron chi connectivity index (χ4n) is 1.83. The predicted octanol–water partition coefficient (Wildman–Crippen LogP) is 0.443. The molecule has 19 heavy (non-hydrogen) atoms. The van der Waals surface area contributed by atoms with Crippen molar-refractivity contribution in [3.63, 3.8) is 0 Å². The number of nitro benzene ring substituents is 1. The fourth-order valence-corrected chi connectivity index (χ4v) is 2.36. The average Bonchev–Trinajstić information content (AvgIpc) is 2.80. The molecule has 2 rings (SSSR count). The molecule has 0 aromatic heterocycles. The van der Waals surface area contributed by atoms with E-state index >= 15 is 0 Å². The minimum atomic E-state index is -3.96. The highest BCUT2D eigenvalue weighted by atomic mass is 32.2. The van der Waals surface area contributed by atoms with Crippen molar-refractivity contribution in [2.24, 2.45) is 5.14 Å². The number of benzene rings is 1. The van der Waals surface area contributed by atoms with E-state index in [4.69, 9.17) is 9.88 Å². The third-order valence-electron chi connectivity index (χ3n) is 2.78. The molecular formula is C10H13N3O5S. The first kappa shape index (κ1) is 13.7. The summed E-state index contributed by atoms with van der Waals surface area (Å²) in [5, 5.41) is 18.9. The number of rotatable bonds is 4. The Morgan fingerprint density at radius 1 is 1.47 bits per heavy atom. The van der Waals surface area contributed by atoms with Crippen molar-refractivity contribution in [2.75, 3.05) is 18.5 Å². The first-order chi connectivity index (χ1) is 8.88. The Kier molecular flexibility index (Phi) is 3.69. The Labute approximate surface area is 109 Å². The normalized spacial score (nSPS) is 19.3. The number of nitrogens with one attached hydrogen (secondary N) is 1. The van der Waals surface area contributed by atoms with Crippen molar-refractivity contribution in [1.82, 2.24) is 0 Å². The molecule has 8 nitrogen and oxygen atoms in total. The molecule has 104 valence electrons. The molecule has 1 fully saturated rings. The maximum Gasteiger partial charge on any atom is 0.293 e. The van der Waals surface area contributed by atoms with Crippen LogP contribution in [0.2, 0.25) is 0 Å². The molecule has 1 atom stereocenters. The Balaban J connectivity index is 2.35. The van der Waals surface area contributed by atoms with Crippen LogP contribution in [0.15, 0.2) is 23.1 Å². The second kappa shape index (κ2) is 5.11. The van der Waals surface area contributed by atoms with Crippen molar-refractivity contribution < 1.29 is 18.1 Å². The predicted molar refractivity (Wildman–Crippen MR) is 67.3 cm³/mol. The summed E-state index contributed by atoms with van der Waals surface area (Å²) in [7, 11) is -3.96. The molecule has 0 aliphatic carbocycles. The number of hydrogen-bond donors (Lipinski definition) is 2. The van der Waals surface area contributed by atoms with Crippen molar-refractivity contribution in [3.8, 4) is 0 Å². The lowest BCUT2D eigenvalue weighted by Gasteiger charge is -2.12. The van der Waals surface area contributed by atoms with E-state index in [0.717, 1.165) is 12.5 Å². The molecule has 0 spiro atoms. The molecule has 3 N–H and O–H groups in total. The molecule has 1 aliphatic heterocycles. The van der Waals surface area contributed by atoms with Crippen LogP contribution in [0.5, 0.6) is 0 Å². The van der Waals surface area contributed by atoms with Crippen molar-refractivity contribution in [3.05, 3.63) is 28.3 Å². The summed E-state index contributed by atoms with van der Waals surface area (Å²) >= 11 is 0. The number of nitrogens with zero attached hydrogens (tertiary/aromatic N) is 1. The lowest BCUT2D eigenvalue weighted by molar-refractivity contribution is -0.384. The smallest absolute Gasteiger partial charge is 0.293 e. The van der Waals surface area contributed by atoms with E-state index in [2.05, 4.69) is 5.32 Å². The molecular weight excluding hydrogens is 274 g/mol. The Morgan fingerprint density at radius 3 is 2.74 bits per heavy atom. The summed E-state index contributed by atoms with van der Waals surface area (Å²) in [6.07, 6.45) is 0.744. The monoisotopic (exact) mass is 287 g/mol. The largest absolute Gasteiger partial charge is 0.379 e. The highest BCUT2D eigenvalue weighted by molar-refractivity contribution is 7.89. The van der Waals surface area contributed by atoms with Gasteiger partial charge in [0.25, 0.3) is 5.69 Å². The van der Waals surface area contributed by atoms with Crippen molar-refractivity contribution in [1.29, 1.82) is 0 Å². The summed E-state index contributed by atoms with van der Waals surface area (Å²) in [6.45, 7) is 1.06. The molecule has 1 heterocycles. The Hall–Kier alpha value is -1.71. The van der Waals surface area contributed by atoms with Crippen molar-refractivity contribution >= 4 is 21.4 Å². The van der Waals surface area contributed by atoms with Gasteiger partial charge in [-0.3, -0.25) is 10.1 Å². The van der Waals surface area contributed by atoms with Gasteiger partial charge in [0, 0.05) is 12.7 Å². The van der Waals surface area contributed by atoms with Crippen LogP contribution >= 0.6 is 0 Å². The number of ether oxygens (including phenoxy) is 1. The Morgan fingerprint density at radius 2 is 2.21 bits per heavy atom. The molecule has 0 unspecified atom stereocenters. The van der Waals surface area contributed by atoms with Crippen LogP contribution in [-0.2, 0) is 14.8 Å². The minimum absolute atomic E-state index is 0.0148. The zero-order valence-electron chi connectivity index (χ0n) is 9.90. The lowest BCUT2D eigenvalue weighted by Crippen LogP contribution is -2.20. The molecule has 1 aromatic carbocycles. The number of nitro groups is 1. The van der Waals surface area contributed by atoms with Crippen LogP contribution in [0.3, 0.4) is 0 Å². The van der Waals surface area contributed by atoms with E-state index in [1.54, 1.807) is 0 Å². The van der Waals surface area contributed by atoms with Crippen molar-refractivity contribution in [2.45, 2.75) is 17.4 Å². The Bertz CT molecular complexity index is 595. The number of hydrogen-bond acceptors (Lipinski definition) is 6. The van der Waals surface area contributed by atoms with Gasteiger partial charge in [0.15, 0.2) is 0 Å². The summed E-state index contributed by atoms with van der Waals surface area (Å²) in [5.74, 6) is 0. The van der Waals surface area contributed by atoms with Gasteiger partial charge in [0.05, 0.1) is 22.5 Å². The van der Waals surface area contributed by atoms with Gasteiger partial charge in [-0.15, -0.1) is 0 Å². The van der Waals surface area contributed by atoms with Crippen LogP contribution in [0.1, 0.15) is 6.42 Å². The van der Waals surface area contributed by atoms with Crippen LogP contribution in [0.25, 0.3) is 0 Å². The first-order valence-electron chi connectivity index (χ1n) is 5.53. The molecule has 0 bridgehead atoms. The highest BCUT2D eigenvalue weighted by Gasteiger charge is 2.22. The summed E-state index contributed by atoms with van der Waals surface area (Å²) in [6, 6.07) is 3.52. The van der Waals surface area contributed by atoms with Crippen LogP contribution in [-0.4, -0.2) is 32.6 Å². The standard InChI is InChI=1S/C10H13N3O5S/c11-19(16,17)8-1-2-9(10(5-8)13(14)15)12-7-3-4-18-6-7/h1-2,5,7,12H,3-4,6H2,(H2,11,16,17)/t7-/m1/s1. The SMILES string of the molecule is NS(=O)(=O)c1ccc(N[C@@H]2CCOC2)c([N+](=O)[O-])c1. The number of nitrogens with two attached hydrogens (primary N) is 1. The summed E-state index contributed by atoms with van der Waals surface area (Å²) in [5.41, 5.74) is -0.0636. The molecule has 1 aromatic rings. The maximum absolute atomic E-state index is 11.2. The van der Waals surface area contributed by atoms with Gasteiger partial charge >= 0.3 is 0 Å². The van der Waals surface area contributed by atoms with Crippen LogP contribution in [0, 0.1) is 10.1 Å². The van der Waals surface area contributed by atoms with E-state index in [-0.39, 0.29) is 22.3 Å². The average molecular weight is 287 g/mol.